The Morgan fingerprint density at radius 2 is 1.38 bits per heavy atom. The van der Waals surface area contributed by atoms with Crippen LogP contribution in [-0.2, 0) is 38.4 Å². The van der Waals surface area contributed by atoms with Crippen LogP contribution in [0, 0.1) is 18.3 Å². The van der Waals surface area contributed by atoms with Crippen molar-refractivity contribution in [3.05, 3.63) is 144 Å². The lowest BCUT2D eigenvalue weighted by Crippen LogP contribution is -2.07. The third-order valence-corrected chi connectivity index (χ3v) is 12.7. The van der Waals surface area contributed by atoms with Crippen LogP contribution in [0.5, 0.6) is 23.0 Å². The minimum atomic E-state index is -4.90. The van der Waals surface area contributed by atoms with E-state index in [2.05, 4.69) is 9.97 Å². The Hall–Kier alpha value is -7.17. The van der Waals surface area contributed by atoms with Crippen molar-refractivity contribution in [3.63, 3.8) is 0 Å². The Kier molecular flexibility index (Phi) is 11.0. The summed E-state index contributed by atoms with van der Waals surface area (Å²) in [6, 6.07) is 26.5. The van der Waals surface area contributed by atoms with Gasteiger partial charge in [-0.15, -0.1) is 0 Å². The van der Waals surface area contributed by atoms with Crippen LogP contribution in [0.3, 0.4) is 0 Å². The van der Waals surface area contributed by atoms with Gasteiger partial charge in [-0.3, -0.25) is 9.13 Å². The third kappa shape index (κ3) is 8.61. The molecule has 0 spiro atoms. The first kappa shape index (κ1) is 44.4. The van der Waals surface area contributed by atoms with E-state index < -0.39 is 43.2 Å². The van der Waals surface area contributed by atoms with Gasteiger partial charge < -0.3 is 9.47 Å². The molecule has 0 aliphatic heterocycles. The van der Waals surface area contributed by atoms with Crippen molar-refractivity contribution < 1.29 is 52.7 Å². The second-order valence-corrected chi connectivity index (χ2v) is 19.0. The van der Waals surface area contributed by atoms with Gasteiger partial charge >= 0.3 is 12.4 Å². The molecule has 0 atom stereocenters. The molecule has 332 valence electrons. The van der Waals surface area contributed by atoms with Gasteiger partial charge in [-0.2, -0.15) is 31.6 Å². The number of para-hydroxylation sites is 1. The van der Waals surface area contributed by atoms with Crippen molar-refractivity contribution in [2.75, 3.05) is 12.5 Å². The lowest BCUT2D eigenvalue weighted by atomic mass is 10.00. The molecule has 0 saturated carbocycles. The molecule has 0 radical (unpaired) electrons. The highest BCUT2D eigenvalue weighted by Crippen LogP contribution is 2.43. The van der Waals surface area contributed by atoms with E-state index in [1.54, 1.807) is 42.7 Å². The van der Waals surface area contributed by atoms with Gasteiger partial charge in [0.1, 0.15) is 52.3 Å². The molecular weight excluding hydrogens is 897 g/mol. The average molecular weight is 930 g/mol. The Labute approximate surface area is 367 Å². The van der Waals surface area contributed by atoms with Gasteiger partial charge in [0.2, 0.25) is 0 Å². The van der Waals surface area contributed by atoms with Crippen molar-refractivity contribution in [2.45, 2.75) is 42.4 Å². The highest BCUT2D eigenvalue weighted by atomic mass is 32.2. The first-order chi connectivity index (χ1) is 30.5. The molecule has 6 aromatic carbocycles. The number of imidazole rings is 2. The fourth-order valence-electron chi connectivity index (χ4n) is 7.49. The number of rotatable bonds is 10. The fourth-order valence-corrected chi connectivity index (χ4v) is 8.97. The summed E-state index contributed by atoms with van der Waals surface area (Å²) in [4.78, 5) is 8.04. The van der Waals surface area contributed by atoms with E-state index >= 15 is 13.2 Å². The quantitative estimate of drug-likeness (QED) is 0.122. The lowest BCUT2D eigenvalue weighted by Gasteiger charge is -2.17. The number of alkyl halides is 6. The average Bonchev–Trinajstić information content (AvgIpc) is 3.84. The molecule has 8 rings (SSSR count). The number of nitrogens with zero attached hydrogens (tertiary/aromatic N) is 5. The normalized spacial score (nSPS) is 12.4. The van der Waals surface area contributed by atoms with Crippen LogP contribution in [0.2, 0.25) is 0 Å². The molecule has 0 aliphatic rings. The molecule has 2 heterocycles. The van der Waals surface area contributed by atoms with Gasteiger partial charge in [0.05, 0.1) is 43.2 Å². The molecule has 0 fully saturated rings. The van der Waals surface area contributed by atoms with Crippen LogP contribution in [-0.4, -0.2) is 48.4 Å². The Morgan fingerprint density at radius 3 is 2.02 bits per heavy atom. The zero-order valence-corrected chi connectivity index (χ0v) is 36.1. The Balaban J connectivity index is 1.21. The Bertz CT molecular complexity index is 3480. The van der Waals surface area contributed by atoms with Crippen LogP contribution < -0.4 is 9.47 Å². The van der Waals surface area contributed by atoms with Crippen LogP contribution in [0.4, 0.5) is 26.3 Å². The largest absolute Gasteiger partial charge is 0.457 e. The molecule has 8 aromatic rings. The molecule has 11 nitrogen and oxygen atoms in total. The second kappa shape index (κ2) is 16.1. The lowest BCUT2D eigenvalue weighted by molar-refractivity contribution is -0.137. The molecule has 19 heteroatoms. The molecule has 65 heavy (non-hydrogen) atoms. The van der Waals surface area contributed by atoms with Gasteiger partial charge in [0.25, 0.3) is 0 Å². The van der Waals surface area contributed by atoms with E-state index in [0.29, 0.717) is 16.9 Å². The standard InChI is InChI=1S/C46H33F6N5O6S2/c1-5-42-55-44-36(46(50,51)52)20-28(21-39(44)57(42)29-10-13-30(14-11-29)62-32-12-9-27(24-53)41(22-32)65(4,60)61)34-17-16-33(64(3,58)59)23-40(34)63-31-15-18-37(26(2)19-31)56-25-54-43-35(45(47,48)49)7-6-8-38(43)56/h6-23,25H,5H2,1-4H3. The van der Waals surface area contributed by atoms with Crippen LogP contribution >= 0.6 is 0 Å². The van der Waals surface area contributed by atoms with Crippen molar-refractivity contribution in [2.24, 2.45) is 0 Å². The number of hydrogen-bond donors (Lipinski definition) is 0. The van der Waals surface area contributed by atoms with E-state index in [-0.39, 0.29) is 83.8 Å². The highest BCUT2D eigenvalue weighted by Gasteiger charge is 2.36. The summed E-state index contributed by atoms with van der Waals surface area (Å²) in [5, 5.41) is 9.37. The summed E-state index contributed by atoms with van der Waals surface area (Å²) >= 11 is 0. The number of aryl methyl sites for hydroxylation is 2. The summed E-state index contributed by atoms with van der Waals surface area (Å²) in [7, 11) is -7.62. The van der Waals surface area contributed by atoms with Crippen molar-refractivity contribution in [1.29, 1.82) is 5.26 Å². The third-order valence-electron chi connectivity index (χ3n) is 10.5. The summed E-state index contributed by atoms with van der Waals surface area (Å²) in [6.45, 7) is 3.40. The van der Waals surface area contributed by atoms with Gasteiger partial charge in [-0.1, -0.05) is 13.0 Å². The summed E-state index contributed by atoms with van der Waals surface area (Å²) < 4.78 is 152. The number of sulfone groups is 2. The second-order valence-electron chi connectivity index (χ2n) is 15.0. The fraction of sp³-hybridized carbons (Fsp3) is 0.152. The monoisotopic (exact) mass is 929 g/mol. The number of benzene rings is 6. The van der Waals surface area contributed by atoms with Gasteiger partial charge in [0.15, 0.2) is 19.7 Å². The van der Waals surface area contributed by atoms with Gasteiger partial charge in [-0.25, -0.2) is 26.8 Å². The molecule has 2 aromatic heterocycles. The Morgan fingerprint density at radius 1 is 0.708 bits per heavy atom. The molecule has 0 aliphatic carbocycles. The summed E-state index contributed by atoms with van der Waals surface area (Å²) in [5.41, 5.74) is -0.895. The molecular formula is C46H33F6N5O6S2. The number of hydrogen-bond acceptors (Lipinski definition) is 9. The topological polar surface area (TPSA) is 146 Å². The zero-order valence-electron chi connectivity index (χ0n) is 34.4. The van der Waals surface area contributed by atoms with Crippen LogP contribution in [0.25, 0.3) is 44.6 Å². The SMILES string of the molecule is CCc1nc2c(C(F)(F)F)cc(-c3ccc(S(C)(=O)=O)cc3Oc3ccc(-n4cnc5c(C(F)(F)F)cccc54)c(C)c3)cc2n1-c1ccc(Oc2ccc(C#N)c(S(C)(=O)=O)c2)cc1. The molecule has 0 saturated heterocycles. The smallest absolute Gasteiger partial charge is 0.418 e. The minimum absolute atomic E-state index is 0.00447. The highest BCUT2D eigenvalue weighted by molar-refractivity contribution is 7.91. The number of halogens is 6. The van der Waals surface area contributed by atoms with Crippen molar-refractivity contribution in [1.82, 2.24) is 19.1 Å². The maximum Gasteiger partial charge on any atom is 0.418 e. The van der Waals surface area contributed by atoms with E-state index in [9.17, 15) is 35.3 Å². The molecule has 0 amide bonds. The number of fused-ring (bicyclic) bond motifs is 2. The predicted octanol–water partition coefficient (Wildman–Crippen LogP) is 11.2. The molecule has 0 unspecified atom stereocenters. The maximum atomic E-state index is 15.0. The van der Waals surface area contributed by atoms with E-state index in [4.69, 9.17) is 9.47 Å². The summed E-state index contributed by atoms with van der Waals surface area (Å²) in [5.74, 6) is 0.688. The first-order valence-corrected chi connectivity index (χ1v) is 23.1. The minimum Gasteiger partial charge on any atom is -0.457 e. The van der Waals surface area contributed by atoms with Crippen LogP contribution in [0.1, 0.15) is 35.0 Å². The van der Waals surface area contributed by atoms with Gasteiger partial charge in [-0.05, 0) is 109 Å². The number of aromatic nitrogens is 4. The molecule has 0 bridgehead atoms. The zero-order chi connectivity index (χ0) is 46.8. The van der Waals surface area contributed by atoms with Gasteiger partial charge in [0, 0.05) is 42.3 Å². The molecule has 0 N–H and O–H groups in total. The maximum absolute atomic E-state index is 15.0. The summed E-state index contributed by atoms with van der Waals surface area (Å²) in [6.07, 6.45) is -6.13. The van der Waals surface area contributed by atoms with Crippen molar-refractivity contribution >= 4 is 41.7 Å². The number of ether oxygens (including phenoxy) is 2. The van der Waals surface area contributed by atoms with Crippen molar-refractivity contribution in [3.8, 4) is 51.6 Å². The van der Waals surface area contributed by atoms with E-state index in [1.165, 1.54) is 83.7 Å². The first-order valence-electron chi connectivity index (χ1n) is 19.4. The van der Waals surface area contributed by atoms with Crippen LogP contribution in [0.15, 0.2) is 125 Å². The van der Waals surface area contributed by atoms with E-state index in [1.807, 2.05) is 6.07 Å². The van der Waals surface area contributed by atoms with E-state index in [0.717, 1.165) is 24.6 Å². The predicted molar refractivity (Wildman–Crippen MR) is 229 cm³/mol. The number of nitriles is 1.